The van der Waals surface area contributed by atoms with Crippen LogP contribution in [0, 0.1) is 0 Å². The third-order valence-electron chi connectivity index (χ3n) is 3.76. The number of hydrogen-bond acceptors (Lipinski definition) is 3. The molecule has 1 aliphatic heterocycles. The van der Waals surface area contributed by atoms with Gasteiger partial charge in [0, 0.05) is 38.6 Å². The summed E-state index contributed by atoms with van der Waals surface area (Å²) in [5, 5.41) is 3.49. The first-order valence-corrected chi connectivity index (χ1v) is 6.95. The van der Waals surface area contributed by atoms with E-state index in [2.05, 4.69) is 46.6 Å². The summed E-state index contributed by atoms with van der Waals surface area (Å²) in [6.07, 6.45) is 2.73. The molecule has 100 valence electrons. The summed E-state index contributed by atoms with van der Waals surface area (Å²) >= 11 is 0. The van der Waals surface area contributed by atoms with E-state index in [4.69, 9.17) is 4.42 Å². The summed E-state index contributed by atoms with van der Waals surface area (Å²) in [6, 6.07) is 15.2. The van der Waals surface area contributed by atoms with Crippen LogP contribution >= 0.6 is 0 Å². The highest BCUT2D eigenvalue weighted by molar-refractivity contribution is 5.20. The molecule has 0 spiro atoms. The van der Waals surface area contributed by atoms with Crippen LogP contribution in [-0.4, -0.2) is 31.1 Å². The molecule has 0 aliphatic carbocycles. The highest BCUT2D eigenvalue weighted by atomic mass is 16.3. The standard InChI is InChI=1S/C16H20N2O/c1-2-5-14(6-3-1)16-13-17-9-11-18(16)10-8-15-7-4-12-19-15/h1-7,12,16-17H,8-11,13H2. The molecule has 0 radical (unpaired) electrons. The smallest absolute Gasteiger partial charge is 0.105 e. The molecular weight excluding hydrogens is 236 g/mol. The van der Waals surface area contributed by atoms with E-state index in [9.17, 15) is 0 Å². The topological polar surface area (TPSA) is 28.4 Å². The fourth-order valence-electron chi connectivity index (χ4n) is 2.73. The quantitative estimate of drug-likeness (QED) is 0.911. The molecule has 3 nitrogen and oxygen atoms in total. The van der Waals surface area contributed by atoms with Gasteiger partial charge in [-0.3, -0.25) is 4.90 Å². The number of rotatable bonds is 4. The van der Waals surface area contributed by atoms with Crippen molar-refractivity contribution >= 4 is 0 Å². The van der Waals surface area contributed by atoms with E-state index >= 15 is 0 Å². The Balaban J connectivity index is 1.67. The predicted molar refractivity (Wildman–Crippen MR) is 76.0 cm³/mol. The molecule has 2 aromatic rings. The minimum atomic E-state index is 0.477. The first kappa shape index (κ1) is 12.5. The average molecular weight is 256 g/mol. The third-order valence-corrected chi connectivity index (χ3v) is 3.76. The first-order chi connectivity index (χ1) is 9.43. The fourth-order valence-corrected chi connectivity index (χ4v) is 2.73. The molecule has 1 N–H and O–H groups in total. The Hall–Kier alpha value is -1.58. The summed E-state index contributed by atoms with van der Waals surface area (Å²) in [5.41, 5.74) is 1.40. The SMILES string of the molecule is c1ccc(C2CNCCN2CCc2ccco2)cc1. The molecule has 1 fully saturated rings. The Morgan fingerprint density at radius 2 is 2.05 bits per heavy atom. The Morgan fingerprint density at radius 1 is 1.16 bits per heavy atom. The normalized spacial score (nSPS) is 20.5. The molecule has 2 heterocycles. The number of nitrogens with zero attached hydrogens (tertiary/aromatic N) is 1. The molecule has 3 rings (SSSR count). The van der Waals surface area contributed by atoms with E-state index in [-0.39, 0.29) is 0 Å². The van der Waals surface area contributed by atoms with Gasteiger partial charge in [0.15, 0.2) is 0 Å². The summed E-state index contributed by atoms with van der Waals surface area (Å²) < 4.78 is 5.42. The van der Waals surface area contributed by atoms with Crippen molar-refractivity contribution in [2.45, 2.75) is 12.5 Å². The highest BCUT2D eigenvalue weighted by Crippen LogP contribution is 2.22. The van der Waals surface area contributed by atoms with Gasteiger partial charge in [0.05, 0.1) is 6.26 Å². The second kappa shape index (κ2) is 6.04. The number of furan rings is 1. The Morgan fingerprint density at radius 3 is 2.84 bits per heavy atom. The maximum atomic E-state index is 5.42. The second-order valence-corrected chi connectivity index (χ2v) is 5.00. The van der Waals surface area contributed by atoms with Crippen molar-refractivity contribution in [3.63, 3.8) is 0 Å². The summed E-state index contributed by atoms with van der Waals surface area (Å²) in [6.45, 7) is 4.25. The fraction of sp³-hybridized carbons (Fsp3) is 0.375. The monoisotopic (exact) mass is 256 g/mol. The first-order valence-electron chi connectivity index (χ1n) is 6.95. The minimum absolute atomic E-state index is 0.477. The van der Waals surface area contributed by atoms with Gasteiger partial charge in [-0.05, 0) is 17.7 Å². The zero-order chi connectivity index (χ0) is 12.9. The van der Waals surface area contributed by atoms with E-state index in [0.717, 1.165) is 38.4 Å². The maximum absolute atomic E-state index is 5.42. The summed E-state index contributed by atoms with van der Waals surface area (Å²) in [4.78, 5) is 2.55. The van der Waals surface area contributed by atoms with E-state index in [1.165, 1.54) is 5.56 Å². The van der Waals surface area contributed by atoms with Gasteiger partial charge in [-0.15, -0.1) is 0 Å². The van der Waals surface area contributed by atoms with Crippen molar-refractivity contribution in [2.24, 2.45) is 0 Å². The van der Waals surface area contributed by atoms with Gasteiger partial charge >= 0.3 is 0 Å². The van der Waals surface area contributed by atoms with Crippen molar-refractivity contribution in [1.29, 1.82) is 0 Å². The van der Waals surface area contributed by atoms with Gasteiger partial charge in [0.2, 0.25) is 0 Å². The van der Waals surface area contributed by atoms with Gasteiger partial charge < -0.3 is 9.73 Å². The van der Waals surface area contributed by atoms with Crippen LogP contribution in [0.5, 0.6) is 0 Å². The van der Waals surface area contributed by atoms with Crippen LogP contribution in [0.3, 0.4) is 0 Å². The van der Waals surface area contributed by atoms with Gasteiger partial charge in [0.1, 0.15) is 5.76 Å². The van der Waals surface area contributed by atoms with Crippen LogP contribution in [0.4, 0.5) is 0 Å². The van der Waals surface area contributed by atoms with Crippen molar-refractivity contribution in [3.8, 4) is 0 Å². The lowest BCUT2D eigenvalue weighted by Gasteiger charge is -2.36. The summed E-state index contributed by atoms with van der Waals surface area (Å²) in [7, 11) is 0. The number of hydrogen-bond donors (Lipinski definition) is 1. The minimum Gasteiger partial charge on any atom is -0.469 e. The zero-order valence-corrected chi connectivity index (χ0v) is 11.1. The van der Waals surface area contributed by atoms with Crippen LogP contribution in [-0.2, 0) is 6.42 Å². The molecule has 1 saturated heterocycles. The van der Waals surface area contributed by atoms with Crippen LogP contribution in [0.25, 0.3) is 0 Å². The predicted octanol–water partition coefficient (Wildman–Crippen LogP) is 2.47. The molecule has 1 unspecified atom stereocenters. The molecule has 1 aromatic heterocycles. The molecule has 1 aliphatic rings. The zero-order valence-electron chi connectivity index (χ0n) is 11.1. The van der Waals surface area contributed by atoms with E-state index in [1.54, 1.807) is 6.26 Å². The number of benzene rings is 1. The van der Waals surface area contributed by atoms with Crippen LogP contribution in [0.2, 0.25) is 0 Å². The van der Waals surface area contributed by atoms with E-state index in [1.807, 2.05) is 6.07 Å². The van der Waals surface area contributed by atoms with Gasteiger partial charge in [0.25, 0.3) is 0 Å². The summed E-state index contributed by atoms with van der Waals surface area (Å²) in [5.74, 6) is 1.07. The molecule has 1 aromatic carbocycles. The Labute approximate surface area is 114 Å². The molecule has 3 heteroatoms. The third kappa shape index (κ3) is 3.06. The van der Waals surface area contributed by atoms with Gasteiger partial charge in [-0.1, -0.05) is 30.3 Å². The molecule has 0 bridgehead atoms. The number of nitrogens with one attached hydrogen (secondary N) is 1. The van der Waals surface area contributed by atoms with Gasteiger partial charge in [-0.25, -0.2) is 0 Å². The largest absolute Gasteiger partial charge is 0.469 e. The van der Waals surface area contributed by atoms with Crippen LogP contribution in [0.1, 0.15) is 17.4 Å². The van der Waals surface area contributed by atoms with Crippen LogP contribution < -0.4 is 5.32 Å². The molecule has 0 saturated carbocycles. The Bertz CT molecular complexity index is 481. The lowest BCUT2D eigenvalue weighted by atomic mass is 10.0. The van der Waals surface area contributed by atoms with E-state index < -0.39 is 0 Å². The average Bonchev–Trinajstić information content (AvgIpc) is 3.00. The molecular formula is C16H20N2O. The molecule has 19 heavy (non-hydrogen) atoms. The van der Waals surface area contributed by atoms with Crippen molar-refractivity contribution in [1.82, 2.24) is 10.2 Å². The van der Waals surface area contributed by atoms with Crippen molar-refractivity contribution in [2.75, 3.05) is 26.2 Å². The van der Waals surface area contributed by atoms with Gasteiger partial charge in [-0.2, -0.15) is 0 Å². The lowest BCUT2D eigenvalue weighted by molar-refractivity contribution is 0.161. The maximum Gasteiger partial charge on any atom is 0.105 e. The molecule has 1 atom stereocenters. The van der Waals surface area contributed by atoms with Crippen LogP contribution in [0.15, 0.2) is 53.1 Å². The number of piperazine rings is 1. The van der Waals surface area contributed by atoms with Crippen molar-refractivity contribution < 1.29 is 4.42 Å². The Kier molecular flexibility index (Phi) is 3.96. The highest BCUT2D eigenvalue weighted by Gasteiger charge is 2.23. The van der Waals surface area contributed by atoms with Crippen molar-refractivity contribution in [3.05, 3.63) is 60.1 Å². The van der Waals surface area contributed by atoms with E-state index in [0.29, 0.717) is 6.04 Å². The lowest BCUT2D eigenvalue weighted by Crippen LogP contribution is -2.46. The second-order valence-electron chi connectivity index (χ2n) is 5.00. The molecule has 0 amide bonds.